The zero-order valence-corrected chi connectivity index (χ0v) is 30.7. The number of imide groups is 1. The van der Waals surface area contributed by atoms with E-state index in [4.69, 9.17) is 4.74 Å². The number of rotatable bonds is 8. The molecular formula is C41H47N9O4. The minimum atomic E-state index is -0.308. The molecule has 0 spiro atoms. The van der Waals surface area contributed by atoms with Gasteiger partial charge in [0.15, 0.2) is 11.5 Å². The van der Waals surface area contributed by atoms with Gasteiger partial charge in [-0.25, -0.2) is 4.98 Å². The van der Waals surface area contributed by atoms with E-state index in [1.54, 1.807) is 47.4 Å². The molecule has 4 aromatic heterocycles. The summed E-state index contributed by atoms with van der Waals surface area (Å²) in [6, 6.07) is 16.1. The molecule has 3 fully saturated rings. The van der Waals surface area contributed by atoms with Gasteiger partial charge in [-0.05, 0) is 74.0 Å². The number of fused-ring (bicyclic) bond motifs is 3. The van der Waals surface area contributed by atoms with E-state index in [0.29, 0.717) is 41.7 Å². The van der Waals surface area contributed by atoms with E-state index in [9.17, 15) is 14.4 Å². The van der Waals surface area contributed by atoms with E-state index < -0.39 is 0 Å². The zero-order valence-electron chi connectivity index (χ0n) is 30.7. The third kappa shape index (κ3) is 7.45. The summed E-state index contributed by atoms with van der Waals surface area (Å²) in [5.41, 5.74) is 4.15. The molecule has 280 valence electrons. The number of methoxy groups -OCH3 is 1. The molecule has 13 nitrogen and oxygen atoms in total. The van der Waals surface area contributed by atoms with Gasteiger partial charge in [-0.3, -0.25) is 24.8 Å². The number of amides is 3. The monoisotopic (exact) mass is 729 g/mol. The Bertz CT molecular complexity index is 2280. The van der Waals surface area contributed by atoms with Crippen molar-refractivity contribution >= 4 is 51.0 Å². The lowest BCUT2D eigenvalue weighted by atomic mass is 9.87. The average Bonchev–Trinajstić information content (AvgIpc) is 3.96. The van der Waals surface area contributed by atoms with E-state index in [0.717, 1.165) is 27.8 Å². The van der Waals surface area contributed by atoms with Crippen LogP contribution < -0.4 is 15.4 Å². The Labute approximate surface area is 313 Å². The summed E-state index contributed by atoms with van der Waals surface area (Å²) in [7, 11) is 1.52. The number of anilines is 1. The highest BCUT2D eigenvalue weighted by atomic mass is 16.5. The maximum atomic E-state index is 12.6. The maximum Gasteiger partial charge on any atom is 0.260 e. The first-order chi connectivity index (χ1) is 26.4. The molecule has 1 saturated carbocycles. The lowest BCUT2D eigenvalue weighted by molar-refractivity contribution is -0.134. The number of aromatic amines is 1. The molecule has 6 aromatic rings. The van der Waals surface area contributed by atoms with Crippen molar-refractivity contribution in [2.45, 2.75) is 76.2 Å². The molecular weight excluding hydrogens is 683 g/mol. The van der Waals surface area contributed by atoms with Crippen molar-refractivity contribution in [1.82, 2.24) is 39.6 Å². The van der Waals surface area contributed by atoms with E-state index >= 15 is 0 Å². The van der Waals surface area contributed by atoms with Crippen LogP contribution >= 0.6 is 0 Å². The number of hydrogen-bond donors (Lipinski definition) is 3. The molecule has 13 heteroatoms. The van der Waals surface area contributed by atoms with Crippen LogP contribution in [0.5, 0.6) is 5.75 Å². The fraction of sp³-hybridized carbons (Fsp3) is 0.415. The van der Waals surface area contributed by atoms with Crippen molar-refractivity contribution in [2.75, 3.05) is 32.1 Å². The molecule has 0 radical (unpaired) electrons. The largest absolute Gasteiger partial charge is 0.496 e. The van der Waals surface area contributed by atoms with Crippen LogP contribution in [0.3, 0.4) is 0 Å². The summed E-state index contributed by atoms with van der Waals surface area (Å²) in [5.74, 6) is 1.08. The van der Waals surface area contributed by atoms with Crippen LogP contribution in [0, 0.1) is 5.92 Å². The van der Waals surface area contributed by atoms with Crippen LogP contribution in [0.25, 0.3) is 27.5 Å². The van der Waals surface area contributed by atoms with Crippen molar-refractivity contribution in [3.8, 4) is 5.75 Å². The third-order valence-electron chi connectivity index (χ3n) is 11.5. The fourth-order valence-corrected chi connectivity index (χ4v) is 8.50. The Hall–Kier alpha value is -5.56. The van der Waals surface area contributed by atoms with Crippen LogP contribution in [0.15, 0.2) is 73.3 Å². The van der Waals surface area contributed by atoms with Gasteiger partial charge in [0, 0.05) is 60.3 Å². The van der Waals surface area contributed by atoms with E-state index in [2.05, 4.69) is 70.8 Å². The number of H-pyrrole nitrogens is 1. The van der Waals surface area contributed by atoms with Crippen molar-refractivity contribution in [3.05, 3.63) is 84.4 Å². The van der Waals surface area contributed by atoms with Crippen molar-refractivity contribution in [1.29, 1.82) is 0 Å². The molecule has 2 aliphatic heterocycles. The summed E-state index contributed by atoms with van der Waals surface area (Å²) in [4.78, 5) is 43.4. The first kappa shape index (κ1) is 35.5. The summed E-state index contributed by atoms with van der Waals surface area (Å²) in [6.45, 7) is 3.64. The quantitative estimate of drug-likeness (QED) is 0.148. The topological polar surface area (TPSA) is 152 Å². The highest BCUT2D eigenvalue weighted by Crippen LogP contribution is 2.35. The Kier molecular flexibility index (Phi) is 10.4. The number of carbonyl (C=O) groups excluding carboxylic acids is 3. The number of nitrogens with one attached hydrogen (secondary N) is 3. The van der Waals surface area contributed by atoms with Crippen LogP contribution in [0.1, 0.15) is 92.1 Å². The molecule has 1 aliphatic carbocycles. The standard InChI is InChI=1S/C26H35N3O2.C15H12N6O2/c30-25-10-9-23(26(31)27-25)21-7-4-8-24-22(21)14-18-29(24)20-12-16-28(17-13-20)15-11-19-5-2-1-3-6-19;1-23-12-6-11-9(7-17-20-11)5-10(12)15(22)19-14-8-16-13-3-2-4-18-21(13)14/h4,7-8,14,18-20,23H,1-3,5-6,9-13,15-17H2,(H,27,30,31);2-8H,1H3,(H,17,20)(H,19,22). The summed E-state index contributed by atoms with van der Waals surface area (Å²) in [6.07, 6.45) is 19.1. The lowest BCUT2D eigenvalue weighted by Crippen LogP contribution is -2.39. The number of imidazole rings is 1. The molecule has 1 atom stereocenters. The number of hydrogen-bond acceptors (Lipinski definition) is 8. The second-order valence-corrected chi connectivity index (χ2v) is 14.8. The second-order valence-electron chi connectivity index (χ2n) is 14.8. The van der Waals surface area contributed by atoms with Crippen LogP contribution in [-0.4, -0.2) is 78.7 Å². The van der Waals surface area contributed by atoms with Gasteiger partial charge in [-0.15, -0.1) is 0 Å². The summed E-state index contributed by atoms with van der Waals surface area (Å²) < 4.78 is 9.29. The number of carbonyl (C=O) groups is 3. The van der Waals surface area contributed by atoms with Gasteiger partial charge in [-0.1, -0.05) is 44.2 Å². The highest BCUT2D eigenvalue weighted by molar-refractivity contribution is 6.08. The minimum Gasteiger partial charge on any atom is -0.496 e. The van der Waals surface area contributed by atoms with Crippen molar-refractivity contribution in [3.63, 3.8) is 0 Å². The maximum absolute atomic E-state index is 12.6. The normalized spacial score (nSPS) is 18.8. The molecule has 0 bridgehead atoms. The van der Waals surface area contributed by atoms with Gasteiger partial charge < -0.3 is 19.5 Å². The predicted molar refractivity (Wildman–Crippen MR) is 207 cm³/mol. The molecule has 1 unspecified atom stereocenters. The van der Waals surface area contributed by atoms with E-state index in [1.807, 2.05) is 0 Å². The molecule has 3 aliphatic rings. The molecule has 6 heterocycles. The number of ether oxygens (including phenoxy) is 1. The number of piperidine rings is 2. The summed E-state index contributed by atoms with van der Waals surface area (Å²) >= 11 is 0. The minimum absolute atomic E-state index is 0.150. The molecule has 3 amide bonds. The van der Waals surface area contributed by atoms with E-state index in [-0.39, 0.29) is 23.6 Å². The summed E-state index contributed by atoms with van der Waals surface area (Å²) in [5, 5.41) is 18.3. The molecule has 3 N–H and O–H groups in total. The average molecular weight is 730 g/mol. The Morgan fingerprint density at radius 2 is 1.83 bits per heavy atom. The number of nitrogens with zero attached hydrogens (tertiary/aromatic N) is 6. The number of benzene rings is 2. The first-order valence-corrected chi connectivity index (χ1v) is 19.2. The smallest absolute Gasteiger partial charge is 0.260 e. The highest BCUT2D eigenvalue weighted by Gasteiger charge is 2.30. The Morgan fingerprint density at radius 1 is 0.981 bits per heavy atom. The molecule has 2 aromatic carbocycles. The third-order valence-corrected chi connectivity index (χ3v) is 11.5. The second kappa shape index (κ2) is 15.8. The number of likely N-dealkylation sites (tertiary alicyclic amines) is 1. The van der Waals surface area contributed by atoms with Gasteiger partial charge in [0.25, 0.3) is 5.91 Å². The first-order valence-electron chi connectivity index (χ1n) is 19.2. The predicted octanol–water partition coefficient (Wildman–Crippen LogP) is 6.64. The van der Waals surface area contributed by atoms with Gasteiger partial charge >= 0.3 is 0 Å². The van der Waals surface area contributed by atoms with Gasteiger partial charge in [0.1, 0.15) is 5.75 Å². The Balaban J connectivity index is 0.000000160. The lowest BCUT2D eigenvalue weighted by Gasteiger charge is -2.34. The molecule has 2 saturated heterocycles. The van der Waals surface area contributed by atoms with Crippen molar-refractivity contribution in [2.24, 2.45) is 5.92 Å². The molecule has 9 rings (SSSR count). The van der Waals surface area contributed by atoms with Gasteiger partial charge in [0.05, 0.1) is 36.5 Å². The zero-order chi connectivity index (χ0) is 37.0. The van der Waals surface area contributed by atoms with Gasteiger partial charge in [0.2, 0.25) is 11.8 Å². The van der Waals surface area contributed by atoms with Gasteiger partial charge in [-0.2, -0.15) is 14.7 Å². The van der Waals surface area contributed by atoms with Crippen LogP contribution in [0.4, 0.5) is 5.82 Å². The van der Waals surface area contributed by atoms with Crippen molar-refractivity contribution < 1.29 is 19.1 Å². The number of aromatic nitrogens is 6. The fourth-order valence-electron chi connectivity index (χ4n) is 8.50. The van der Waals surface area contributed by atoms with Crippen LogP contribution in [-0.2, 0) is 9.59 Å². The SMILES string of the molecule is COc1cc2[nH]ncc2cc1C(=O)Nc1cnc2cccnn12.O=C1CCC(c2cccc3c2ccn3C2CCN(CCC3CCCCC3)CC2)C(=O)N1. The molecule has 54 heavy (non-hydrogen) atoms. The van der Waals surface area contributed by atoms with Crippen LogP contribution in [0.2, 0.25) is 0 Å². The Morgan fingerprint density at radius 3 is 2.65 bits per heavy atom. The van der Waals surface area contributed by atoms with E-state index in [1.165, 1.54) is 83.6 Å².